The van der Waals surface area contributed by atoms with Crippen LogP contribution >= 0.6 is 11.6 Å². The first-order chi connectivity index (χ1) is 10.0. The van der Waals surface area contributed by atoms with Crippen molar-refractivity contribution >= 4 is 23.3 Å². The average molecular weight is 312 g/mol. The first kappa shape index (κ1) is 15.3. The zero-order valence-electron chi connectivity index (χ0n) is 11.1. The third-order valence-corrected chi connectivity index (χ3v) is 3.22. The molecule has 0 radical (unpaired) electrons. The van der Waals surface area contributed by atoms with E-state index < -0.39 is 17.6 Å². The summed E-state index contributed by atoms with van der Waals surface area (Å²) in [5, 5.41) is 3.16. The van der Waals surface area contributed by atoms with Crippen molar-refractivity contribution in [3.8, 4) is 0 Å². The Morgan fingerprint density at radius 3 is 2.76 bits per heavy atom. The van der Waals surface area contributed by atoms with Gasteiger partial charge in [-0.15, -0.1) is 0 Å². The van der Waals surface area contributed by atoms with E-state index in [0.717, 1.165) is 6.07 Å². The van der Waals surface area contributed by atoms with E-state index in [9.17, 15) is 13.6 Å². The van der Waals surface area contributed by atoms with Crippen LogP contribution in [-0.4, -0.2) is 13.1 Å². The van der Waals surface area contributed by atoms with Crippen molar-refractivity contribution in [2.45, 2.75) is 6.54 Å². The molecule has 1 N–H and O–H groups in total. The molecule has 0 unspecified atom stereocenters. The summed E-state index contributed by atoms with van der Waals surface area (Å²) < 4.78 is 31.2. The molecule has 0 atom stereocenters. The number of halogens is 3. The van der Waals surface area contributed by atoms with Crippen LogP contribution in [0, 0.1) is 11.6 Å². The van der Waals surface area contributed by atoms with E-state index in [1.807, 2.05) is 0 Å². The van der Waals surface area contributed by atoms with Gasteiger partial charge < -0.3 is 10.1 Å². The lowest BCUT2D eigenvalue weighted by Crippen LogP contribution is -2.06. The molecule has 6 heteroatoms. The van der Waals surface area contributed by atoms with Gasteiger partial charge in [0.15, 0.2) is 11.6 Å². The third kappa shape index (κ3) is 3.49. The fourth-order valence-corrected chi connectivity index (χ4v) is 1.98. The van der Waals surface area contributed by atoms with E-state index in [1.165, 1.54) is 31.4 Å². The highest BCUT2D eigenvalue weighted by Crippen LogP contribution is 2.22. The topological polar surface area (TPSA) is 38.3 Å². The van der Waals surface area contributed by atoms with E-state index in [2.05, 4.69) is 10.1 Å². The third-order valence-electron chi connectivity index (χ3n) is 2.89. The number of carbonyl (C=O) groups excluding carboxylic acids is 1. The van der Waals surface area contributed by atoms with Gasteiger partial charge in [-0.2, -0.15) is 0 Å². The molecule has 0 heterocycles. The van der Waals surface area contributed by atoms with Crippen LogP contribution in [0.15, 0.2) is 36.4 Å². The first-order valence-electron chi connectivity index (χ1n) is 6.07. The number of carbonyl (C=O) groups is 1. The van der Waals surface area contributed by atoms with Gasteiger partial charge in [0, 0.05) is 17.8 Å². The van der Waals surface area contributed by atoms with Crippen LogP contribution in [-0.2, 0) is 11.3 Å². The van der Waals surface area contributed by atoms with Crippen molar-refractivity contribution in [3.05, 3.63) is 64.2 Å². The molecule has 0 aromatic heterocycles. The molecule has 2 aromatic rings. The van der Waals surface area contributed by atoms with Crippen molar-refractivity contribution in [3.63, 3.8) is 0 Å². The van der Waals surface area contributed by atoms with Gasteiger partial charge in [0.25, 0.3) is 0 Å². The van der Waals surface area contributed by atoms with Gasteiger partial charge in [-0.1, -0.05) is 23.7 Å². The van der Waals surface area contributed by atoms with Crippen molar-refractivity contribution in [2.24, 2.45) is 0 Å². The Bertz CT molecular complexity index is 677. The Labute approximate surface area is 125 Å². The van der Waals surface area contributed by atoms with E-state index in [-0.39, 0.29) is 22.7 Å². The molecule has 0 aliphatic carbocycles. The minimum atomic E-state index is -0.902. The number of ether oxygens (including phenoxy) is 1. The van der Waals surface area contributed by atoms with Crippen molar-refractivity contribution in [1.82, 2.24) is 0 Å². The summed E-state index contributed by atoms with van der Waals surface area (Å²) in [5.74, 6) is -2.37. The fraction of sp³-hybridized carbons (Fsp3) is 0.133. The zero-order chi connectivity index (χ0) is 15.4. The smallest absolute Gasteiger partial charge is 0.339 e. The fourth-order valence-electron chi connectivity index (χ4n) is 1.78. The number of hydrogen-bond donors (Lipinski definition) is 1. The molecule has 0 saturated heterocycles. The highest BCUT2D eigenvalue weighted by molar-refractivity contribution is 6.33. The van der Waals surface area contributed by atoms with Crippen LogP contribution in [0.4, 0.5) is 14.5 Å². The number of esters is 1. The lowest BCUT2D eigenvalue weighted by atomic mass is 10.1. The van der Waals surface area contributed by atoms with Crippen LogP contribution in [0.3, 0.4) is 0 Å². The molecule has 0 bridgehead atoms. The van der Waals surface area contributed by atoms with Crippen LogP contribution in [0.1, 0.15) is 15.9 Å². The summed E-state index contributed by atoms with van der Waals surface area (Å²) in [5.41, 5.74) is 0.928. The minimum Gasteiger partial charge on any atom is -0.465 e. The maximum atomic E-state index is 13.5. The number of rotatable bonds is 4. The van der Waals surface area contributed by atoms with Gasteiger partial charge in [0.2, 0.25) is 0 Å². The summed E-state index contributed by atoms with van der Waals surface area (Å²) in [7, 11) is 1.25. The van der Waals surface area contributed by atoms with Crippen LogP contribution in [0.2, 0.25) is 5.02 Å². The zero-order valence-corrected chi connectivity index (χ0v) is 11.9. The molecule has 0 aliphatic rings. The molecule has 21 heavy (non-hydrogen) atoms. The standard InChI is InChI=1S/C15H12ClF2NO2/c1-21-15(20)11-7-10(5-6-12(11)16)19-8-9-3-2-4-13(17)14(9)18/h2-7,19H,8H2,1H3. The SMILES string of the molecule is COC(=O)c1cc(NCc2cccc(F)c2F)ccc1Cl. The van der Waals surface area contributed by atoms with E-state index in [0.29, 0.717) is 5.69 Å². The average Bonchev–Trinajstić information content (AvgIpc) is 2.49. The predicted octanol–water partition coefficient (Wildman–Crippen LogP) is 4.02. The minimum absolute atomic E-state index is 0.0752. The Balaban J connectivity index is 2.17. The number of hydrogen-bond acceptors (Lipinski definition) is 3. The number of methoxy groups -OCH3 is 1. The second-order valence-corrected chi connectivity index (χ2v) is 4.66. The molecule has 3 nitrogen and oxygen atoms in total. The second kappa shape index (κ2) is 6.54. The molecule has 2 rings (SSSR count). The molecular weight excluding hydrogens is 300 g/mol. The highest BCUT2D eigenvalue weighted by atomic mass is 35.5. The van der Waals surface area contributed by atoms with Gasteiger partial charge >= 0.3 is 5.97 Å². The number of nitrogens with one attached hydrogen (secondary N) is 1. The van der Waals surface area contributed by atoms with Gasteiger partial charge in [-0.05, 0) is 24.3 Å². The maximum Gasteiger partial charge on any atom is 0.339 e. The molecular formula is C15H12ClF2NO2. The molecule has 2 aromatic carbocycles. The van der Waals surface area contributed by atoms with Crippen molar-refractivity contribution in [2.75, 3.05) is 12.4 Å². The Kier molecular flexibility index (Phi) is 4.75. The monoisotopic (exact) mass is 311 g/mol. The first-order valence-corrected chi connectivity index (χ1v) is 6.45. The van der Waals surface area contributed by atoms with Crippen molar-refractivity contribution in [1.29, 1.82) is 0 Å². The molecule has 0 amide bonds. The lowest BCUT2D eigenvalue weighted by Gasteiger charge is -2.10. The summed E-state index contributed by atoms with van der Waals surface area (Å²) in [6.45, 7) is 0.0752. The summed E-state index contributed by atoms with van der Waals surface area (Å²) in [4.78, 5) is 11.5. The van der Waals surface area contributed by atoms with Crippen LogP contribution < -0.4 is 5.32 Å². The van der Waals surface area contributed by atoms with Gasteiger partial charge in [-0.25, -0.2) is 13.6 Å². The largest absolute Gasteiger partial charge is 0.465 e. The number of anilines is 1. The van der Waals surface area contributed by atoms with E-state index >= 15 is 0 Å². The summed E-state index contributed by atoms with van der Waals surface area (Å²) >= 11 is 5.89. The highest BCUT2D eigenvalue weighted by Gasteiger charge is 2.12. The molecule has 0 spiro atoms. The Hall–Kier alpha value is -2.14. The summed E-state index contributed by atoms with van der Waals surface area (Å²) in [6.07, 6.45) is 0. The van der Waals surface area contributed by atoms with Gasteiger partial charge in [-0.3, -0.25) is 0 Å². The van der Waals surface area contributed by atoms with Crippen LogP contribution in [0.25, 0.3) is 0 Å². The molecule has 110 valence electrons. The Morgan fingerprint density at radius 1 is 1.29 bits per heavy atom. The lowest BCUT2D eigenvalue weighted by molar-refractivity contribution is 0.0601. The second-order valence-electron chi connectivity index (χ2n) is 4.25. The van der Waals surface area contributed by atoms with Crippen molar-refractivity contribution < 1.29 is 18.3 Å². The van der Waals surface area contributed by atoms with Crippen LogP contribution in [0.5, 0.6) is 0 Å². The maximum absolute atomic E-state index is 13.5. The van der Waals surface area contributed by atoms with E-state index in [4.69, 9.17) is 11.6 Å². The summed E-state index contributed by atoms with van der Waals surface area (Å²) in [6, 6.07) is 8.60. The van der Waals surface area contributed by atoms with E-state index in [1.54, 1.807) is 6.07 Å². The van der Waals surface area contributed by atoms with Gasteiger partial charge in [0.05, 0.1) is 17.7 Å². The number of benzene rings is 2. The molecule has 0 aliphatic heterocycles. The quantitative estimate of drug-likeness (QED) is 0.867. The molecule has 0 fully saturated rings. The normalized spacial score (nSPS) is 10.3. The van der Waals surface area contributed by atoms with Gasteiger partial charge in [0.1, 0.15) is 0 Å². The molecule has 0 saturated carbocycles. The predicted molar refractivity (Wildman–Crippen MR) is 76.5 cm³/mol. The Morgan fingerprint density at radius 2 is 2.05 bits per heavy atom.